The number of rotatable bonds is 2. The first-order valence-electron chi connectivity index (χ1n) is 6.01. The van der Waals surface area contributed by atoms with Gasteiger partial charge in [-0.1, -0.05) is 13.3 Å². The number of nitrogens with zero attached hydrogens (tertiary/aromatic N) is 2. The molecule has 0 amide bonds. The normalized spacial score (nSPS) is 15.1. The lowest BCUT2D eigenvalue weighted by atomic mass is 10.1. The van der Waals surface area contributed by atoms with Crippen molar-refractivity contribution in [3.8, 4) is 0 Å². The molecule has 2 rings (SSSR count). The van der Waals surface area contributed by atoms with E-state index in [1.54, 1.807) is 0 Å². The Labute approximate surface area is 99.1 Å². The third-order valence-corrected chi connectivity index (χ3v) is 3.15. The summed E-state index contributed by atoms with van der Waals surface area (Å²) in [4.78, 5) is 27.6. The fourth-order valence-electron chi connectivity index (χ4n) is 2.27. The third kappa shape index (κ3) is 2.09. The van der Waals surface area contributed by atoms with Crippen molar-refractivity contribution in [1.29, 1.82) is 0 Å². The summed E-state index contributed by atoms with van der Waals surface area (Å²) in [6.07, 6.45) is 4.24. The number of aryl methyl sites for hydroxylation is 2. The number of fused-ring (bicyclic) bond motifs is 1. The van der Waals surface area contributed by atoms with Crippen molar-refractivity contribution in [2.75, 3.05) is 0 Å². The molecule has 17 heavy (non-hydrogen) atoms. The number of carboxylic acids is 1. The molecule has 1 aliphatic rings. The van der Waals surface area contributed by atoms with Gasteiger partial charge in [-0.15, -0.1) is 0 Å². The van der Waals surface area contributed by atoms with Crippen LogP contribution in [0.15, 0.2) is 4.79 Å². The van der Waals surface area contributed by atoms with Gasteiger partial charge in [-0.3, -0.25) is 9.36 Å². The molecular formula is C12H16N2O3. The lowest BCUT2D eigenvalue weighted by Crippen LogP contribution is -2.31. The molecule has 5 nitrogen and oxygen atoms in total. The first-order valence-corrected chi connectivity index (χ1v) is 6.01. The lowest BCUT2D eigenvalue weighted by Gasteiger charge is -2.12. The summed E-state index contributed by atoms with van der Waals surface area (Å²) >= 11 is 0. The van der Waals surface area contributed by atoms with Crippen LogP contribution in [0.3, 0.4) is 0 Å². The summed E-state index contributed by atoms with van der Waals surface area (Å²) in [5.41, 5.74) is -0.130. The van der Waals surface area contributed by atoms with Crippen molar-refractivity contribution in [3.63, 3.8) is 0 Å². The number of hydrogen-bond acceptors (Lipinski definition) is 3. The molecule has 0 aliphatic carbocycles. The Morgan fingerprint density at radius 2 is 2.18 bits per heavy atom. The molecule has 0 saturated carbocycles. The van der Waals surface area contributed by atoms with E-state index in [0.29, 0.717) is 18.7 Å². The number of carboxylic acid groups (broad SMARTS) is 1. The quantitative estimate of drug-likeness (QED) is 0.838. The minimum atomic E-state index is -1.17. The van der Waals surface area contributed by atoms with Crippen molar-refractivity contribution in [3.05, 3.63) is 27.4 Å². The predicted octanol–water partition coefficient (Wildman–Crippen LogP) is 1.23. The monoisotopic (exact) mass is 236 g/mol. The molecule has 5 heteroatoms. The molecule has 0 radical (unpaired) electrons. The highest BCUT2D eigenvalue weighted by Crippen LogP contribution is 2.13. The van der Waals surface area contributed by atoms with Gasteiger partial charge in [-0.2, -0.15) is 0 Å². The maximum atomic E-state index is 12.1. The summed E-state index contributed by atoms with van der Waals surface area (Å²) in [7, 11) is 0. The number of carbonyl (C=O) groups is 1. The van der Waals surface area contributed by atoms with Gasteiger partial charge in [0.05, 0.1) is 5.69 Å². The van der Waals surface area contributed by atoms with Crippen LogP contribution >= 0.6 is 0 Å². The van der Waals surface area contributed by atoms with Crippen LogP contribution in [0.2, 0.25) is 0 Å². The Morgan fingerprint density at radius 1 is 1.41 bits per heavy atom. The van der Waals surface area contributed by atoms with Crippen LogP contribution in [0.5, 0.6) is 0 Å². The second-order valence-corrected chi connectivity index (χ2v) is 4.28. The fourth-order valence-corrected chi connectivity index (χ4v) is 2.27. The van der Waals surface area contributed by atoms with E-state index in [-0.39, 0.29) is 11.1 Å². The SMILES string of the molecule is CCc1nc2n(c(=O)c1C(=O)O)CCCCC2. The van der Waals surface area contributed by atoms with Crippen molar-refractivity contribution >= 4 is 5.97 Å². The van der Waals surface area contributed by atoms with E-state index in [2.05, 4.69) is 4.98 Å². The van der Waals surface area contributed by atoms with Crippen LogP contribution in [-0.4, -0.2) is 20.6 Å². The molecule has 0 saturated heterocycles. The molecule has 1 N–H and O–H groups in total. The van der Waals surface area contributed by atoms with E-state index >= 15 is 0 Å². The van der Waals surface area contributed by atoms with Gasteiger partial charge >= 0.3 is 5.97 Å². The van der Waals surface area contributed by atoms with Gasteiger partial charge in [-0.25, -0.2) is 9.78 Å². The third-order valence-electron chi connectivity index (χ3n) is 3.15. The minimum absolute atomic E-state index is 0.154. The highest BCUT2D eigenvalue weighted by atomic mass is 16.4. The van der Waals surface area contributed by atoms with Crippen molar-refractivity contribution < 1.29 is 9.90 Å². The highest BCUT2D eigenvalue weighted by Gasteiger charge is 2.21. The van der Waals surface area contributed by atoms with E-state index in [0.717, 1.165) is 31.5 Å². The average molecular weight is 236 g/mol. The number of hydrogen-bond donors (Lipinski definition) is 1. The van der Waals surface area contributed by atoms with Crippen molar-refractivity contribution in [1.82, 2.24) is 9.55 Å². The maximum Gasteiger partial charge on any atom is 0.343 e. The molecule has 0 atom stereocenters. The van der Waals surface area contributed by atoms with Gasteiger partial charge in [0, 0.05) is 13.0 Å². The van der Waals surface area contributed by atoms with Crippen LogP contribution < -0.4 is 5.56 Å². The molecular weight excluding hydrogens is 220 g/mol. The molecule has 1 aromatic heterocycles. The minimum Gasteiger partial charge on any atom is -0.477 e. The van der Waals surface area contributed by atoms with Crippen molar-refractivity contribution in [2.45, 2.75) is 45.6 Å². The maximum absolute atomic E-state index is 12.1. The zero-order chi connectivity index (χ0) is 12.4. The van der Waals surface area contributed by atoms with Crippen LogP contribution in [0.1, 0.15) is 48.1 Å². The van der Waals surface area contributed by atoms with Crippen molar-refractivity contribution in [2.24, 2.45) is 0 Å². The average Bonchev–Trinajstić information content (AvgIpc) is 2.53. The van der Waals surface area contributed by atoms with Gasteiger partial charge in [0.15, 0.2) is 0 Å². The molecule has 0 bridgehead atoms. The van der Waals surface area contributed by atoms with Crippen LogP contribution in [0, 0.1) is 0 Å². The van der Waals surface area contributed by atoms with E-state index in [9.17, 15) is 9.59 Å². The summed E-state index contributed by atoms with van der Waals surface area (Å²) < 4.78 is 1.54. The van der Waals surface area contributed by atoms with Gasteiger partial charge in [0.1, 0.15) is 11.4 Å². The lowest BCUT2D eigenvalue weighted by molar-refractivity contribution is 0.0692. The Morgan fingerprint density at radius 3 is 2.82 bits per heavy atom. The Hall–Kier alpha value is -1.65. The van der Waals surface area contributed by atoms with Gasteiger partial charge in [-0.05, 0) is 19.3 Å². The van der Waals surface area contributed by atoms with E-state index in [1.807, 2.05) is 6.92 Å². The van der Waals surface area contributed by atoms with E-state index in [1.165, 1.54) is 4.57 Å². The molecule has 1 aromatic rings. The van der Waals surface area contributed by atoms with Gasteiger partial charge < -0.3 is 5.11 Å². The smallest absolute Gasteiger partial charge is 0.343 e. The second-order valence-electron chi connectivity index (χ2n) is 4.28. The number of aromatic carboxylic acids is 1. The molecule has 0 fully saturated rings. The van der Waals surface area contributed by atoms with Gasteiger partial charge in [0.25, 0.3) is 5.56 Å². The highest BCUT2D eigenvalue weighted by molar-refractivity contribution is 5.88. The Kier molecular flexibility index (Phi) is 3.26. The summed E-state index contributed by atoms with van der Waals surface area (Å²) in [5.74, 6) is -0.423. The second kappa shape index (κ2) is 4.69. The molecule has 0 unspecified atom stereocenters. The van der Waals surface area contributed by atoms with Gasteiger partial charge in [0.2, 0.25) is 0 Å². The zero-order valence-corrected chi connectivity index (χ0v) is 9.90. The largest absolute Gasteiger partial charge is 0.477 e. The molecule has 0 aromatic carbocycles. The van der Waals surface area contributed by atoms with Crippen LogP contribution in [-0.2, 0) is 19.4 Å². The molecule has 0 spiro atoms. The van der Waals surface area contributed by atoms with E-state index < -0.39 is 5.97 Å². The molecule has 1 aliphatic heterocycles. The van der Waals surface area contributed by atoms with Crippen LogP contribution in [0.25, 0.3) is 0 Å². The summed E-state index contributed by atoms with van der Waals surface area (Å²) in [6, 6.07) is 0. The first kappa shape index (κ1) is 11.8. The standard InChI is InChI=1S/C12H16N2O3/c1-2-8-10(12(16)17)11(15)14-7-5-3-4-6-9(14)13-8/h2-7H2,1H3,(H,16,17). The molecule has 2 heterocycles. The first-order chi connectivity index (χ1) is 8.15. The van der Waals surface area contributed by atoms with Crippen LogP contribution in [0.4, 0.5) is 0 Å². The fraction of sp³-hybridized carbons (Fsp3) is 0.583. The molecule has 92 valence electrons. The summed E-state index contributed by atoms with van der Waals surface area (Å²) in [6.45, 7) is 2.41. The Bertz CT molecular complexity index is 505. The predicted molar refractivity (Wildman–Crippen MR) is 62.4 cm³/mol. The Balaban J connectivity index is 2.66. The summed E-state index contributed by atoms with van der Waals surface area (Å²) in [5, 5.41) is 9.10. The topological polar surface area (TPSA) is 72.2 Å². The zero-order valence-electron chi connectivity index (χ0n) is 9.90. The van der Waals surface area contributed by atoms with E-state index in [4.69, 9.17) is 5.11 Å². The number of aromatic nitrogens is 2.